The lowest BCUT2D eigenvalue weighted by Gasteiger charge is -2.33. The van der Waals surface area contributed by atoms with E-state index in [1.54, 1.807) is 7.11 Å². The van der Waals surface area contributed by atoms with E-state index >= 15 is 0 Å². The molecule has 0 bridgehead atoms. The molecule has 0 unspecified atom stereocenters. The van der Waals surface area contributed by atoms with Gasteiger partial charge >= 0.3 is 5.97 Å². The number of likely N-dealkylation sites (tertiary alicyclic amines) is 1. The maximum Gasteiger partial charge on any atom is 0.306 e. The van der Waals surface area contributed by atoms with Gasteiger partial charge in [0.25, 0.3) is 0 Å². The number of hydrogen-bond donors (Lipinski definition) is 1. The highest BCUT2D eigenvalue weighted by molar-refractivity contribution is 5.70. The molecule has 1 saturated carbocycles. The van der Waals surface area contributed by atoms with Crippen LogP contribution in [0.5, 0.6) is 0 Å². The molecule has 1 N–H and O–H groups in total. The molecule has 1 heterocycles. The van der Waals surface area contributed by atoms with Crippen LogP contribution in [0.4, 0.5) is 0 Å². The van der Waals surface area contributed by atoms with E-state index in [4.69, 9.17) is 9.84 Å². The van der Waals surface area contributed by atoms with Gasteiger partial charge in [0.05, 0.1) is 12.5 Å². The van der Waals surface area contributed by atoms with Gasteiger partial charge in [-0.3, -0.25) is 4.79 Å². The topological polar surface area (TPSA) is 49.8 Å². The van der Waals surface area contributed by atoms with Crippen LogP contribution in [-0.4, -0.2) is 48.8 Å². The van der Waals surface area contributed by atoms with Gasteiger partial charge in [0.15, 0.2) is 0 Å². The summed E-state index contributed by atoms with van der Waals surface area (Å²) in [6, 6.07) is 0.618. The summed E-state index contributed by atoms with van der Waals surface area (Å²) in [6.07, 6.45) is 5.04. The first-order valence-electron chi connectivity index (χ1n) is 6.66. The van der Waals surface area contributed by atoms with Crippen LogP contribution in [0, 0.1) is 11.8 Å². The molecule has 0 spiro atoms. The van der Waals surface area contributed by atoms with E-state index in [1.165, 1.54) is 6.42 Å². The fraction of sp³-hybridized carbons (Fsp3) is 0.923. The summed E-state index contributed by atoms with van der Waals surface area (Å²) in [6.45, 7) is 3.16. The smallest absolute Gasteiger partial charge is 0.306 e. The molecule has 1 saturated heterocycles. The zero-order valence-corrected chi connectivity index (χ0v) is 10.6. The minimum absolute atomic E-state index is 0.0939. The van der Waals surface area contributed by atoms with E-state index in [0.717, 1.165) is 45.4 Å². The van der Waals surface area contributed by atoms with Gasteiger partial charge in [-0.25, -0.2) is 0 Å². The Morgan fingerprint density at radius 3 is 2.59 bits per heavy atom. The Balaban J connectivity index is 1.76. The van der Waals surface area contributed by atoms with Crippen molar-refractivity contribution < 1.29 is 14.6 Å². The molecule has 2 rings (SSSR count). The number of carboxylic acid groups (broad SMARTS) is 1. The number of carboxylic acids is 1. The van der Waals surface area contributed by atoms with Crippen molar-refractivity contribution in [3.05, 3.63) is 0 Å². The molecule has 2 aliphatic rings. The zero-order chi connectivity index (χ0) is 12.3. The lowest BCUT2D eigenvalue weighted by molar-refractivity contribution is -0.143. The first kappa shape index (κ1) is 12.8. The first-order chi connectivity index (χ1) is 8.20. The van der Waals surface area contributed by atoms with Crippen molar-refractivity contribution in [2.24, 2.45) is 11.8 Å². The van der Waals surface area contributed by atoms with Crippen LogP contribution in [0.3, 0.4) is 0 Å². The quantitative estimate of drug-likeness (QED) is 0.812. The summed E-state index contributed by atoms with van der Waals surface area (Å²) in [7, 11) is 1.76. The second-order valence-corrected chi connectivity index (χ2v) is 5.45. The van der Waals surface area contributed by atoms with Crippen LogP contribution in [0.1, 0.15) is 32.1 Å². The number of rotatable bonds is 4. The van der Waals surface area contributed by atoms with E-state index < -0.39 is 5.97 Å². The normalized spacial score (nSPS) is 35.0. The van der Waals surface area contributed by atoms with Crippen LogP contribution in [-0.2, 0) is 9.53 Å². The predicted molar refractivity (Wildman–Crippen MR) is 64.9 cm³/mol. The van der Waals surface area contributed by atoms with Crippen LogP contribution < -0.4 is 0 Å². The Bertz CT molecular complexity index is 261. The van der Waals surface area contributed by atoms with Gasteiger partial charge < -0.3 is 14.7 Å². The van der Waals surface area contributed by atoms with Crippen molar-refractivity contribution in [2.75, 3.05) is 26.8 Å². The minimum atomic E-state index is -0.609. The lowest BCUT2D eigenvalue weighted by Crippen LogP contribution is -2.38. The van der Waals surface area contributed by atoms with Gasteiger partial charge in [0.1, 0.15) is 0 Å². The Kier molecular flexibility index (Phi) is 4.40. The molecule has 4 nitrogen and oxygen atoms in total. The maximum atomic E-state index is 10.9. The van der Waals surface area contributed by atoms with Crippen molar-refractivity contribution in [1.29, 1.82) is 0 Å². The second-order valence-electron chi connectivity index (χ2n) is 5.45. The second kappa shape index (κ2) is 5.83. The average molecular weight is 241 g/mol. The molecule has 0 radical (unpaired) electrons. The molecule has 2 fully saturated rings. The van der Waals surface area contributed by atoms with E-state index in [0.29, 0.717) is 12.0 Å². The summed E-state index contributed by atoms with van der Waals surface area (Å²) < 4.78 is 5.21. The molecular weight excluding hydrogens is 218 g/mol. The van der Waals surface area contributed by atoms with E-state index in [1.807, 2.05) is 0 Å². The number of methoxy groups -OCH3 is 1. The van der Waals surface area contributed by atoms with Crippen LogP contribution >= 0.6 is 0 Å². The van der Waals surface area contributed by atoms with Gasteiger partial charge in [-0.2, -0.15) is 0 Å². The average Bonchev–Trinajstić information content (AvgIpc) is 2.78. The van der Waals surface area contributed by atoms with E-state index in [9.17, 15) is 4.79 Å². The van der Waals surface area contributed by atoms with Crippen LogP contribution in [0.25, 0.3) is 0 Å². The van der Waals surface area contributed by atoms with E-state index in [-0.39, 0.29) is 5.92 Å². The first-order valence-corrected chi connectivity index (χ1v) is 6.66. The van der Waals surface area contributed by atoms with Gasteiger partial charge in [0, 0.05) is 19.7 Å². The monoisotopic (exact) mass is 241 g/mol. The number of ether oxygens (including phenoxy) is 1. The summed E-state index contributed by atoms with van der Waals surface area (Å²) in [4.78, 5) is 13.4. The van der Waals surface area contributed by atoms with Gasteiger partial charge in [-0.1, -0.05) is 0 Å². The number of nitrogens with zero attached hydrogens (tertiary/aromatic N) is 1. The summed E-state index contributed by atoms with van der Waals surface area (Å²) in [5.74, 6) is -0.0250. The third-order valence-corrected chi connectivity index (χ3v) is 4.28. The van der Waals surface area contributed by atoms with Crippen LogP contribution in [0.2, 0.25) is 0 Å². The molecular formula is C13H23NO3. The van der Waals surface area contributed by atoms with Crippen molar-refractivity contribution in [3.63, 3.8) is 0 Å². The SMILES string of the molecule is COC[C@@H]1CCN(C2CCC(C(=O)O)CC2)C1. The summed E-state index contributed by atoms with van der Waals surface area (Å²) in [5, 5.41) is 8.97. The molecule has 1 aliphatic heterocycles. The zero-order valence-electron chi connectivity index (χ0n) is 10.6. The number of hydrogen-bond acceptors (Lipinski definition) is 3. The molecule has 0 aromatic carbocycles. The van der Waals surface area contributed by atoms with Crippen molar-refractivity contribution in [1.82, 2.24) is 4.90 Å². The summed E-state index contributed by atoms with van der Waals surface area (Å²) >= 11 is 0. The highest BCUT2D eigenvalue weighted by atomic mass is 16.5. The third kappa shape index (κ3) is 3.19. The van der Waals surface area contributed by atoms with Gasteiger partial charge in [0.2, 0.25) is 0 Å². The number of carbonyl (C=O) groups is 1. The lowest BCUT2D eigenvalue weighted by atomic mass is 9.85. The fourth-order valence-electron chi connectivity index (χ4n) is 3.25. The molecule has 0 amide bonds. The van der Waals surface area contributed by atoms with Crippen molar-refractivity contribution in [2.45, 2.75) is 38.1 Å². The Hall–Kier alpha value is -0.610. The molecule has 98 valence electrons. The Labute approximate surface area is 103 Å². The summed E-state index contributed by atoms with van der Waals surface area (Å²) in [5.41, 5.74) is 0. The van der Waals surface area contributed by atoms with E-state index in [2.05, 4.69) is 4.90 Å². The predicted octanol–water partition coefficient (Wildman–Crippen LogP) is 1.60. The molecule has 4 heteroatoms. The number of aliphatic carboxylic acids is 1. The molecule has 0 aromatic rings. The highest BCUT2D eigenvalue weighted by Gasteiger charge is 2.32. The van der Waals surface area contributed by atoms with Gasteiger partial charge in [-0.15, -0.1) is 0 Å². The Morgan fingerprint density at radius 1 is 1.29 bits per heavy atom. The standard InChI is InChI=1S/C13H23NO3/c1-17-9-10-6-7-14(8-10)12-4-2-11(3-5-12)13(15)16/h10-12H,2-9H2,1H3,(H,15,16)/t10-,11?,12?/m1/s1. The largest absolute Gasteiger partial charge is 0.481 e. The van der Waals surface area contributed by atoms with Gasteiger partial charge in [-0.05, 0) is 44.6 Å². The third-order valence-electron chi connectivity index (χ3n) is 4.28. The highest BCUT2D eigenvalue weighted by Crippen LogP contribution is 2.30. The molecule has 0 aromatic heterocycles. The maximum absolute atomic E-state index is 10.9. The Morgan fingerprint density at radius 2 is 2.00 bits per heavy atom. The fourth-order valence-corrected chi connectivity index (χ4v) is 3.25. The van der Waals surface area contributed by atoms with Crippen LogP contribution in [0.15, 0.2) is 0 Å². The molecule has 17 heavy (non-hydrogen) atoms. The van der Waals surface area contributed by atoms with Crippen molar-refractivity contribution in [3.8, 4) is 0 Å². The molecule has 1 aliphatic carbocycles. The minimum Gasteiger partial charge on any atom is -0.481 e. The van der Waals surface area contributed by atoms with Crippen molar-refractivity contribution >= 4 is 5.97 Å². The molecule has 1 atom stereocenters.